The number of aromatic nitrogens is 1. The lowest BCUT2D eigenvalue weighted by atomic mass is 10.1. The smallest absolute Gasteiger partial charge is 0.416 e. The van der Waals surface area contributed by atoms with Crippen molar-refractivity contribution in [2.24, 2.45) is 0 Å². The van der Waals surface area contributed by atoms with Gasteiger partial charge in [-0.2, -0.15) is 13.2 Å². The molecule has 0 fully saturated rings. The predicted molar refractivity (Wildman–Crippen MR) is 108 cm³/mol. The average Bonchev–Trinajstić information content (AvgIpc) is 3.35. The maximum atomic E-state index is 12.9. The fourth-order valence-electron chi connectivity index (χ4n) is 3.55. The van der Waals surface area contributed by atoms with Crippen molar-refractivity contribution in [3.05, 3.63) is 94.8 Å². The summed E-state index contributed by atoms with van der Waals surface area (Å²) in [6.07, 6.45) is 0.635. The van der Waals surface area contributed by atoms with Gasteiger partial charge in [-0.25, -0.2) is 4.79 Å². The van der Waals surface area contributed by atoms with Crippen LogP contribution >= 0.6 is 0 Å². The number of fused-ring (bicyclic) bond motifs is 1. The first-order chi connectivity index (χ1) is 14.7. The normalized spacial score (nSPS) is 13.8. The fourth-order valence-corrected chi connectivity index (χ4v) is 3.55. The van der Waals surface area contributed by atoms with Crippen LogP contribution in [0.4, 0.5) is 13.2 Å². The van der Waals surface area contributed by atoms with E-state index >= 15 is 0 Å². The minimum Gasteiger partial charge on any atom is -0.478 e. The maximum absolute atomic E-state index is 12.9. The minimum atomic E-state index is -4.39. The van der Waals surface area contributed by atoms with Gasteiger partial charge in [-0.05, 0) is 35.9 Å². The molecular weight excluding hydrogens is 409 g/mol. The summed E-state index contributed by atoms with van der Waals surface area (Å²) in [4.78, 5) is 23.9. The van der Waals surface area contributed by atoms with Gasteiger partial charge in [0.15, 0.2) is 0 Å². The largest absolute Gasteiger partial charge is 0.478 e. The van der Waals surface area contributed by atoms with E-state index in [2.05, 4.69) is 5.32 Å². The Labute approximate surface area is 175 Å². The molecule has 1 aliphatic rings. The number of amides is 1. The van der Waals surface area contributed by atoms with E-state index < -0.39 is 17.7 Å². The van der Waals surface area contributed by atoms with Gasteiger partial charge in [-0.3, -0.25) is 4.79 Å². The lowest BCUT2D eigenvalue weighted by Gasteiger charge is -2.12. The molecule has 158 valence electrons. The highest BCUT2D eigenvalue weighted by Crippen LogP contribution is 2.29. The van der Waals surface area contributed by atoms with E-state index in [9.17, 15) is 22.8 Å². The molecule has 31 heavy (non-hydrogen) atoms. The van der Waals surface area contributed by atoms with Crippen molar-refractivity contribution in [2.45, 2.75) is 19.1 Å². The van der Waals surface area contributed by atoms with E-state index in [1.54, 1.807) is 22.9 Å². The Balaban J connectivity index is 1.60. The number of carboxylic acid groups (broad SMARTS) is 1. The Morgan fingerprint density at radius 3 is 2.45 bits per heavy atom. The summed E-state index contributed by atoms with van der Waals surface area (Å²) in [6.45, 7) is 0.291. The second kappa shape index (κ2) is 7.79. The maximum Gasteiger partial charge on any atom is 0.416 e. The molecule has 4 rings (SSSR count). The van der Waals surface area contributed by atoms with Gasteiger partial charge in [0.25, 0.3) is 5.91 Å². The predicted octanol–water partition coefficient (Wildman–Crippen LogP) is 4.74. The van der Waals surface area contributed by atoms with E-state index in [4.69, 9.17) is 5.11 Å². The van der Waals surface area contributed by atoms with E-state index in [1.807, 2.05) is 12.1 Å². The summed E-state index contributed by atoms with van der Waals surface area (Å²) in [5.74, 6) is -1.44. The second-order valence-corrected chi connectivity index (χ2v) is 7.17. The number of carbonyl (C=O) groups excluding carboxylic acids is 1. The van der Waals surface area contributed by atoms with Gasteiger partial charge in [0, 0.05) is 30.2 Å². The molecule has 0 spiro atoms. The van der Waals surface area contributed by atoms with Gasteiger partial charge in [0.05, 0.1) is 22.2 Å². The zero-order valence-electron chi connectivity index (χ0n) is 16.1. The standard InChI is InChI=1S/C23H17F3N2O3/c24-23(25,26)17-7-4-14(5-8-17)13-28-11-10-15-2-1-3-19(20(15)28)21(29)27-18-9-6-16(12-18)22(30)31/h1-8,10-12H,9,13H2,(H,27,29)(H,30,31). The monoisotopic (exact) mass is 426 g/mol. The van der Waals surface area contributed by atoms with E-state index in [-0.39, 0.29) is 11.5 Å². The third-order valence-electron chi connectivity index (χ3n) is 5.06. The van der Waals surface area contributed by atoms with Gasteiger partial charge in [-0.15, -0.1) is 0 Å². The number of alkyl halides is 3. The van der Waals surface area contributed by atoms with Crippen LogP contribution in [0.15, 0.2) is 78.1 Å². The summed E-state index contributed by atoms with van der Waals surface area (Å²) in [5.41, 5.74) is 1.59. The third-order valence-corrected chi connectivity index (χ3v) is 5.06. The first-order valence-electron chi connectivity index (χ1n) is 9.42. The third kappa shape index (κ3) is 4.23. The van der Waals surface area contributed by atoms with Crippen molar-refractivity contribution >= 4 is 22.8 Å². The van der Waals surface area contributed by atoms with Crippen molar-refractivity contribution in [1.29, 1.82) is 0 Å². The highest BCUT2D eigenvalue weighted by Gasteiger charge is 2.30. The molecule has 1 aromatic heterocycles. The summed E-state index contributed by atoms with van der Waals surface area (Å²) < 4.78 is 40.2. The molecule has 0 bridgehead atoms. The van der Waals surface area contributed by atoms with Crippen LogP contribution in [0.3, 0.4) is 0 Å². The van der Waals surface area contributed by atoms with Gasteiger partial charge >= 0.3 is 12.1 Å². The quantitative estimate of drug-likeness (QED) is 0.619. The van der Waals surface area contributed by atoms with Crippen molar-refractivity contribution < 1.29 is 27.9 Å². The first-order valence-corrected chi connectivity index (χ1v) is 9.42. The number of aliphatic carboxylic acids is 1. The number of halogens is 3. The summed E-state index contributed by atoms with van der Waals surface area (Å²) in [7, 11) is 0. The first kappa shape index (κ1) is 20.5. The molecule has 8 heteroatoms. The molecule has 2 aromatic carbocycles. The topological polar surface area (TPSA) is 71.3 Å². The van der Waals surface area contributed by atoms with Crippen LogP contribution < -0.4 is 5.32 Å². The SMILES string of the molecule is O=C(O)C1=CCC(NC(=O)c2cccc3ccn(Cc4ccc(C(F)(F)F)cc4)c23)=C1. The number of nitrogens with zero attached hydrogens (tertiary/aromatic N) is 1. The van der Waals surface area contributed by atoms with Crippen LogP contribution in [0.5, 0.6) is 0 Å². The summed E-state index contributed by atoms with van der Waals surface area (Å²) >= 11 is 0. The molecule has 0 atom stereocenters. The number of rotatable bonds is 5. The van der Waals surface area contributed by atoms with Crippen LogP contribution in [-0.4, -0.2) is 21.6 Å². The number of hydrogen-bond donors (Lipinski definition) is 2. The van der Waals surface area contributed by atoms with Crippen molar-refractivity contribution in [3.63, 3.8) is 0 Å². The highest BCUT2D eigenvalue weighted by molar-refractivity contribution is 6.06. The molecule has 0 radical (unpaired) electrons. The molecule has 1 heterocycles. The van der Waals surface area contributed by atoms with Gasteiger partial charge < -0.3 is 15.0 Å². The average molecular weight is 426 g/mol. The van der Waals surface area contributed by atoms with Crippen LogP contribution in [0.2, 0.25) is 0 Å². The zero-order valence-corrected chi connectivity index (χ0v) is 16.1. The molecular formula is C23H17F3N2O3. The number of carbonyl (C=O) groups is 2. The fraction of sp³-hybridized carbons (Fsp3) is 0.130. The highest BCUT2D eigenvalue weighted by atomic mass is 19.4. The van der Waals surface area contributed by atoms with Crippen molar-refractivity contribution in [2.75, 3.05) is 0 Å². The molecule has 1 aliphatic carbocycles. The van der Waals surface area contributed by atoms with Crippen molar-refractivity contribution in [1.82, 2.24) is 9.88 Å². The Morgan fingerprint density at radius 2 is 1.81 bits per heavy atom. The second-order valence-electron chi connectivity index (χ2n) is 7.17. The number of hydrogen-bond acceptors (Lipinski definition) is 2. The number of allylic oxidation sites excluding steroid dienone is 1. The summed E-state index contributed by atoms with van der Waals surface area (Å²) in [6, 6.07) is 12.0. The molecule has 0 unspecified atom stereocenters. The van der Waals surface area contributed by atoms with E-state index in [0.29, 0.717) is 35.3 Å². The van der Waals surface area contributed by atoms with Crippen LogP contribution in [-0.2, 0) is 17.5 Å². The Kier molecular flexibility index (Phi) is 5.14. The number of carboxylic acids is 1. The number of benzene rings is 2. The van der Waals surface area contributed by atoms with E-state index in [1.165, 1.54) is 24.3 Å². The Morgan fingerprint density at radius 1 is 1.06 bits per heavy atom. The molecule has 5 nitrogen and oxygen atoms in total. The Bertz CT molecular complexity index is 1240. The number of para-hydroxylation sites is 1. The van der Waals surface area contributed by atoms with Gasteiger partial charge in [0.2, 0.25) is 0 Å². The van der Waals surface area contributed by atoms with Gasteiger partial charge in [-0.1, -0.05) is 30.3 Å². The van der Waals surface area contributed by atoms with Crippen LogP contribution in [0, 0.1) is 0 Å². The minimum absolute atomic E-state index is 0.124. The molecule has 0 aliphatic heterocycles. The van der Waals surface area contributed by atoms with Crippen LogP contribution in [0.1, 0.15) is 27.9 Å². The lowest BCUT2D eigenvalue weighted by molar-refractivity contribution is -0.137. The molecule has 0 saturated heterocycles. The Hall–Kier alpha value is -3.81. The molecule has 2 N–H and O–H groups in total. The van der Waals surface area contributed by atoms with Crippen LogP contribution in [0.25, 0.3) is 10.9 Å². The lowest BCUT2D eigenvalue weighted by Crippen LogP contribution is -2.23. The molecule has 3 aromatic rings. The summed E-state index contributed by atoms with van der Waals surface area (Å²) in [5, 5.41) is 12.6. The number of nitrogens with one attached hydrogen (secondary N) is 1. The van der Waals surface area contributed by atoms with Crippen molar-refractivity contribution in [3.8, 4) is 0 Å². The molecule has 0 saturated carbocycles. The van der Waals surface area contributed by atoms with Gasteiger partial charge in [0.1, 0.15) is 0 Å². The molecule has 1 amide bonds. The zero-order chi connectivity index (χ0) is 22.2. The van der Waals surface area contributed by atoms with E-state index in [0.717, 1.165) is 17.5 Å².